The van der Waals surface area contributed by atoms with Crippen LogP contribution in [-0.2, 0) is 19.1 Å². The number of tetrazole rings is 1. The van der Waals surface area contributed by atoms with Crippen LogP contribution >= 0.6 is 0 Å². The summed E-state index contributed by atoms with van der Waals surface area (Å²) in [5.41, 5.74) is 3.27. The van der Waals surface area contributed by atoms with Gasteiger partial charge in [-0.2, -0.15) is 18.4 Å². The van der Waals surface area contributed by atoms with Gasteiger partial charge in [-0.3, -0.25) is 0 Å². The summed E-state index contributed by atoms with van der Waals surface area (Å²) in [6.07, 6.45) is -2.64. The van der Waals surface area contributed by atoms with Gasteiger partial charge in [0, 0.05) is 43.0 Å². The van der Waals surface area contributed by atoms with Crippen LogP contribution in [0.3, 0.4) is 0 Å². The van der Waals surface area contributed by atoms with E-state index >= 15 is 0 Å². The topological polar surface area (TPSA) is 96.4 Å². The molecule has 0 radical (unpaired) electrons. The van der Waals surface area contributed by atoms with Gasteiger partial charge in [0.1, 0.15) is 11.6 Å². The molecular weight excluding hydrogens is 517 g/mol. The van der Waals surface area contributed by atoms with Gasteiger partial charge in [-0.1, -0.05) is 68.4 Å². The molecule has 1 N–H and O–H groups in total. The minimum atomic E-state index is -4.50. The van der Waals surface area contributed by atoms with Gasteiger partial charge >= 0.3 is 6.18 Å². The average Bonchev–Trinajstić information content (AvgIpc) is 3.48. The molecule has 40 heavy (non-hydrogen) atoms. The molecule has 0 aliphatic heterocycles. The first-order chi connectivity index (χ1) is 19.3. The highest BCUT2D eigenvalue weighted by molar-refractivity contribution is 5.79. The minimum absolute atomic E-state index is 0.228. The smallest absolute Gasteiger partial charge is 0.352 e. The maximum Gasteiger partial charge on any atom is 0.419 e. The number of alkyl halides is 3. The highest BCUT2D eigenvalue weighted by Crippen LogP contribution is 2.32. The van der Waals surface area contributed by atoms with Crippen LogP contribution < -0.4 is 4.90 Å². The summed E-state index contributed by atoms with van der Waals surface area (Å²) in [6, 6.07) is 21.6. The summed E-state index contributed by atoms with van der Waals surface area (Å²) in [4.78, 5) is 15.3. The first-order valence-electron chi connectivity index (χ1n) is 12.8. The first kappa shape index (κ1) is 26.9. The number of pyridine rings is 1. The Bertz CT molecular complexity index is 1540. The van der Waals surface area contributed by atoms with Crippen molar-refractivity contribution in [2.24, 2.45) is 5.92 Å². The Balaban J connectivity index is 1.59. The van der Waals surface area contributed by atoms with Crippen molar-refractivity contribution < 1.29 is 13.2 Å². The number of anilines is 1. The molecule has 0 unspecified atom stereocenters. The molecule has 3 heterocycles. The zero-order valence-electron chi connectivity index (χ0n) is 22.0. The molecule has 0 fully saturated rings. The second-order valence-electron chi connectivity index (χ2n) is 9.82. The molecule has 0 saturated heterocycles. The van der Waals surface area contributed by atoms with Gasteiger partial charge < -0.3 is 4.90 Å². The lowest BCUT2D eigenvalue weighted by Crippen LogP contribution is -2.28. The monoisotopic (exact) mass is 544 g/mol. The Kier molecular flexibility index (Phi) is 7.81. The van der Waals surface area contributed by atoms with Gasteiger partial charge in [0.25, 0.3) is 0 Å². The number of hydrogen-bond donors (Lipinski definition) is 1. The molecule has 0 amide bonds. The molecule has 0 spiro atoms. The predicted octanol–water partition coefficient (Wildman–Crippen LogP) is 5.99. The van der Waals surface area contributed by atoms with E-state index < -0.39 is 11.7 Å². The Morgan fingerprint density at radius 2 is 1.57 bits per heavy atom. The van der Waals surface area contributed by atoms with Crippen molar-refractivity contribution in [3.63, 3.8) is 0 Å². The third-order valence-electron chi connectivity index (χ3n) is 6.18. The molecule has 5 aromatic rings. The van der Waals surface area contributed by atoms with Gasteiger partial charge in [0.2, 0.25) is 5.82 Å². The lowest BCUT2D eigenvalue weighted by Gasteiger charge is -2.27. The van der Waals surface area contributed by atoms with Crippen LogP contribution in [0.5, 0.6) is 0 Å². The largest absolute Gasteiger partial charge is 0.419 e. The van der Waals surface area contributed by atoms with Gasteiger partial charge in [-0.05, 0) is 34.4 Å². The Labute approximate surface area is 229 Å². The van der Waals surface area contributed by atoms with Gasteiger partial charge in [-0.25, -0.2) is 15.0 Å². The number of aromatic amines is 1. The van der Waals surface area contributed by atoms with E-state index in [2.05, 4.69) is 61.5 Å². The number of halogens is 3. The Hall–Kier alpha value is -4.67. The molecule has 204 valence electrons. The molecular formula is C29H27F3N8. The standard InChI is InChI=1S/C29H27F3N8/c1-19(2)17-40(18-20-8-4-3-5-9-20)27-14-21(13-26-33-15-22(16-34-26)29(30,31)32)12-25(35-27)23-10-6-7-11-24(23)28-36-38-39-37-28/h3-12,14-16,19H,13,17-18H2,1-2H3,(H,36,37,38,39). The van der Waals surface area contributed by atoms with E-state index in [1.54, 1.807) is 0 Å². The van der Waals surface area contributed by atoms with Crippen molar-refractivity contribution in [3.05, 3.63) is 102 Å². The second kappa shape index (κ2) is 11.6. The summed E-state index contributed by atoms with van der Waals surface area (Å²) in [5, 5.41) is 14.5. The van der Waals surface area contributed by atoms with Gasteiger partial charge in [0.15, 0.2) is 0 Å². The zero-order valence-corrected chi connectivity index (χ0v) is 22.0. The number of nitrogens with zero attached hydrogens (tertiary/aromatic N) is 7. The van der Waals surface area contributed by atoms with E-state index in [0.29, 0.717) is 24.0 Å². The predicted molar refractivity (Wildman–Crippen MR) is 145 cm³/mol. The SMILES string of the molecule is CC(C)CN(Cc1ccccc1)c1cc(Cc2ncc(C(F)(F)F)cn2)cc(-c2ccccc2-c2nn[nH]n2)n1. The lowest BCUT2D eigenvalue weighted by atomic mass is 10.0. The van der Waals surface area contributed by atoms with Crippen LogP contribution in [0.25, 0.3) is 22.6 Å². The average molecular weight is 545 g/mol. The number of hydrogen-bond acceptors (Lipinski definition) is 7. The summed E-state index contributed by atoms with van der Waals surface area (Å²) in [6.45, 7) is 5.67. The quantitative estimate of drug-likeness (QED) is 0.243. The fourth-order valence-corrected chi connectivity index (χ4v) is 4.41. The van der Waals surface area contributed by atoms with Gasteiger partial charge in [0.05, 0.1) is 11.3 Å². The minimum Gasteiger partial charge on any atom is -0.352 e. The van der Waals surface area contributed by atoms with Crippen LogP contribution in [0.1, 0.15) is 36.4 Å². The molecule has 11 heteroatoms. The molecule has 0 aliphatic carbocycles. The Morgan fingerprint density at radius 1 is 0.875 bits per heavy atom. The van der Waals surface area contributed by atoms with Crippen molar-refractivity contribution in [3.8, 4) is 22.6 Å². The fraction of sp³-hybridized carbons (Fsp3) is 0.241. The molecule has 3 aromatic heterocycles. The molecule has 0 bridgehead atoms. The molecule has 0 atom stereocenters. The first-order valence-corrected chi connectivity index (χ1v) is 12.8. The molecule has 0 aliphatic rings. The Morgan fingerprint density at radius 3 is 2.23 bits per heavy atom. The van der Waals surface area contributed by atoms with Crippen molar-refractivity contribution in [2.75, 3.05) is 11.4 Å². The fourth-order valence-electron chi connectivity index (χ4n) is 4.41. The van der Waals surface area contributed by atoms with Crippen molar-refractivity contribution in [1.29, 1.82) is 0 Å². The lowest BCUT2D eigenvalue weighted by molar-refractivity contribution is -0.138. The maximum atomic E-state index is 13.1. The van der Waals surface area contributed by atoms with Crippen LogP contribution in [-0.4, -0.2) is 42.1 Å². The molecule has 5 rings (SSSR count). The van der Waals surface area contributed by atoms with E-state index in [1.807, 2.05) is 54.6 Å². The van der Waals surface area contributed by atoms with E-state index in [4.69, 9.17) is 4.98 Å². The zero-order chi connectivity index (χ0) is 28.1. The number of H-pyrrole nitrogens is 1. The van der Waals surface area contributed by atoms with Crippen LogP contribution in [0, 0.1) is 5.92 Å². The summed E-state index contributed by atoms with van der Waals surface area (Å²) < 4.78 is 39.2. The van der Waals surface area contributed by atoms with E-state index in [-0.39, 0.29) is 12.2 Å². The van der Waals surface area contributed by atoms with Crippen molar-refractivity contribution in [1.82, 2.24) is 35.6 Å². The maximum absolute atomic E-state index is 13.1. The highest BCUT2D eigenvalue weighted by Gasteiger charge is 2.31. The van der Waals surface area contributed by atoms with E-state index in [0.717, 1.165) is 47.0 Å². The number of nitrogens with one attached hydrogen (secondary N) is 1. The highest BCUT2D eigenvalue weighted by atomic mass is 19.4. The van der Waals surface area contributed by atoms with Crippen LogP contribution in [0.15, 0.2) is 79.1 Å². The number of rotatable bonds is 9. The van der Waals surface area contributed by atoms with Crippen molar-refractivity contribution >= 4 is 5.82 Å². The summed E-state index contributed by atoms with van der Waals surface area (Å²) in [5.74, 6) is 1.79. The third kappa shape index (κ3) is 6.48. The van der Waals surface area contributed by atoms with Gasteiger partial charge in [-0.15, -0.1) is 10.2 Å². The molecule has 8 nitrogen and oxygen atoms in total. The van der Waals surface area contributed by atoms with E-state index in [1.165, 1.54) is 0 Å². The van der Waals surface area contributed by atoms with Crippen LogP contribution in [0.2, 0.25) is 0 Å². The van der Waals surface area contributed by atoms with Crippen LogP contribution in [0.4, 0.5) is 19.0 Å². The normalized spacial score (nSPS) is 11.7. The number of benzene rings is 2. The second-order valence-corrected chi connectivity index (χ2v) is 9.82. The number of aromatic nitrogens is 7. The molecule has 2 aromatic carbocycles. The summed E-state index contributed by atoms with van der Waals surface area (Å²) in [7, 11) is 0. The molecule has 0 saturated carbocycles. The third-order valence-corrected chi connectivity index (χ3v) is 6.18. The summed E-state index contributed by atoms with van der Waals surface area (Å²) >= 11 is 0. The van der Waals surface area contributed by atoms with E-state index in [9.17, 15) is 13.2 Å². The van der Waals surface area contributed by atoms with Crippen molar-refractivity contribution in [2.45, 2.75) is 33.0 Å².